The van der Waals surface area contributed by atoms with E-state index < -0.39 is 5.60 Å². The molecule has 0 amide bonds. The first-order valence-electron chi connectivity index (χ1n) is 4.32. The lowest BCUT2D eigenvalue weighted by molar-refractivity contribution is 0.00226. The standard InChI is InChI=1S/C9H14INO3/c1-9(13,6-12)5-11-4-7-2-3-8(10)14-7/h2-3,11-13H,4-6H2,1H3. The fourth-order valence-electron chi connectivity index (χ4n) is 0.958. The summed E-state index contributed by atoms with van der Waals surface area (Å²) in [4.78, 5) is 0. The van der Waals surface area contributed by atoms with Gasteiger partial charge in [-0.3, -0.25) is 0 Å². The van der Waals surface area contributed by atoms with Gasteiger partial charge in [0, 0.05) is 6.54 Å². The molecular formula is C9H14INO3. The molecule has 0 saturated heterocycles. The van der Waals surface area contributed by atoms with Gasteiger partial charge in [-0.25, -0.2) is 0 Å². The predicted octanol–water partition coefficient (Wildman–Crippen LogP) is 0.717. The lowest BCUT2D eigenvalue weighted by Crippen LogP contribution is -2.40. The molecule has 0 aliphatic rings. The number of aliphatic hydroxyl groups is 2. The largest absolute Gasteiger partial charge is 0.454 e. The SMILES string of the molecule is CC(O)(CO)CNCc1ccc(I)o1. The summed E-state index contributed by atoms with van der Waals surface area (Å²) >= 11 is 2.09. The Labute approximate surface area is 96.5 Å². The van der Waals surface area contributed by atoms with Crippen LogP contribution in [-0.4, -0.2) is 29.0 Å². The topological polar surface area (TPSA) is 65.6 Å². The highest BCUT2D eigenvalue weighted by Crippen LogP contribution is 2.09. The molecule has 0 bridgehead atoms. The Morgan fingerprint density at radius 2 is 2.29 bits per heavy atom. The monoisotopic (exact) mass is 311 g/mol. The summed E-state index contributed by atoms with van der Waals surface area (Å²) in [7, 11) is 0. The van der Waals surface area contributed by atoms with Crippen molar-refractivity contribution < 1.29 is 14.6 Å². The maximum absolute atomic E-state index is 9.46. The molecule has 1 aromatic rings. The van der Waals surface area contributed by atoms with Gasteiger partial charge in [-0.15, -0.1) is 0 Å². The van der Waals surface area contributed by atoms with Crippen molar-refractivity contribution in [3.8, 4) is 0 Å². The van der Waals surface area contributed by atoms with Gasteiger partial charge in [0.25, 0.3) is 0 Å². The Bertz CT molecular complexity index is 285. The van der Waals surface area contributed by atoms with Crippen LogP contribution in [0, 0.1) is 3.77 Å². The molecule has 5 heteroatoms. The third kappa shape index (κ3) is 3.95. The Balaban J connectivity index is 2.28. The highest BCUT2D eigenvalue weighted by atomic mass is 127. The predicted molar refractivity (Wildman–Crippen MR) is 60.8 cm³/mol. The molecule has 4 nitrogen and oxygen atoms in total. The van der Waals surface area contributed by atoms with E-state index in [4.69, 9.17) is 9.52 Å². The summed E-state index contributed by atoms with van der Waals surface area (Å²) in [6, 6.07) is 3.75. The van der Waals surface area contributed by atoms with Gasteiger partial charge in [-0.1, -0.05) is 0 Å². The lowest BCUT2D eigenvalue weighted by Gasteiger charge is -2.20. The Morgan fingerprint density at radius 1 is 1.57 bits per heavy atom. The van der Waals surface area contributed by atoms with Crippen molar-refractivity contribution in [1.29, 1.82) is 0 Å². The number of halogens is 1. The average Bonchev–Trinajstić information content (AvgIpc) is 2.51. The smallest absolute Gasteiger partial charge is 0.164 e. The minimum atomic E-state index is -1.07. The first kappa shape index (κ1) is 12.0. The summed E-state index contributed by atoms with van der Waals surface area (Å²) in [6.45, 7) is 2.21. The molecule has 3 N–H and O–H groups in total. The first-order chi connectivity index (χ1) is 6.53. The van der Waals surface area contributed by atoms with Gasteiger partial charge in [0.1, 0.15) is 5.76 Å². The van der Waals surface area contributed by atoms with Gasteiger partial charge in [-0.05, 0) is 41.6 Å². The van der Waals surface area contributed by atoms with E-state index in [1.165, 1.54) is 0 Å². The maximum Gasteiger partial charge on any atom is 0.164 e. The first-order valence-corrected chi connectivity index (χ1v) is 5.39. The van der Waals surface area contributed by atoms with Crippen LogP contribution in [0.2, 0.25) is 0 Å². The minimum Gasteiger partial charge on any atom is -0.454 e. The van der Waals surface area contributed by atoms with Crippen LogP contribution in [0.5, 0.6) is 0 Å². The second-order valence-electron chi connectivity index (χ2n) is 3.46. The second kappa shape index (κ2) is 5.11. The zero-order chi connectivity index (χ0) is 10.6. The van der Waals surface area contributed by atoms with Crippen molar-refractivity contribution in [2.24, 2.45) is 0 Å². The van der Waals surface area contributed by atoms with Crippen LogP contribution in [0.3, 0.4) is 0 Å². The normalized spacial score (nSPS) is 15.4. The Hall–Kier alpha value is -0.110. The van der Waals surface area contributed by atoms with Crippen molar-refractivity contribution in [2.45, 2.75) is 19.1 Å². The van der Waals surface area contributed by atoms with E-state index in [1.54, 1.807) is 6.92 Å². The van der Waals surface area contributed by atoms with Gasteiger partial charge < -0.3 is 19.9 Å². The third-order valence-electron chi connectivity index (χ3n) is 1.77. The van der Waals surface area contributed by atoms with Crippen molar-refractivity contribution in [1.82, 2.24) is 5.32 Å². The maximum atomic E-state index is 9.46. The third-order valence-corrected chi connectivity index (χ3v) is 2.35. The van der Waals surface area contributed by atoms with Gasteiger partial charge in [0.05, 0.1) is 18.8 Å². The molecule has 1 unspecified atom stereocenters. The molecule has 14 heavy (non-hydrogen) atoms. The molecule has 1 atom stereocenters. The Morgan fingerprint density at radius 3 is 2.79 bits per heavy atom. The molecule has 1 heterocycles. The van der Waals surface area contributed by atoms with E-state index in [-0.39, 0.29) is 6.61 Å². The summed E-state index contributed by atoms with van der Waals surface area (Å²) in [6.07, 6.45) is 0. The van der Waals surface area contributed by atoms with Gasteiger partial charge in [0.2, 0.25) is 0 Å². The molecule has 0 radical (unpaired) electrons. The minimum absolute atomic E-state index is 0.254. The van der Waals surface area contributed by atoms with E-state index in [1.807, 2.05) is 12.1 Å². The van der Waals surface area contributed by atoms with Crippen LogP contribution in [0.4, 0.5) is 0 Å². The number of furan rings is 1. The van der Waals surface area contributed by atoms with Gasteiger partial charge in [0.15, 0.2) is 3.77 Å². The molecule has 0 aliphatic carbocycles. The average molecular weight is 311 g/mol. The number of hydrogen-bond donors (Lipinski definition) is 3. The summed E-state index contributed by atoms with van der Waals surface area (Å²) < 4.78 is 6.15. The van der Waals surface area contributed by atoms with E-state index in [9.17, 15) is 5.11 Å². The number of hydrogen-bond acceptors (Lipinski definition) is 4. The van der Waals surface area contributed by atoms with Crippen LogP contribution < -0.4 is 5.32 Å². The fourth-order valence-corrected chi connectivity index (χ4v) is 1.42. The van der Waals surface area contributed by atoms with E-state index in [2.05, 4.69) is 27.9 Å². The zero-order valence-corrected chi connectivity index (χ0v) is 10.1. The number of nitrogens with one attached hydrogen (secondary N) is 1. The zero-order valence-electron chi connectivity index (χ0n) is 7.96. The van der Waals surface area contributed by atoms with E-state index >= 15 is 0 Å². The highest BCUT2D eigenvalue weighted by Gasteiger charge is 2.17. The van der Waals surface area contributed by atoms with Crippen LogP contribution in [0.25, 0.3) is 0 Å². The molecule has 1 rings (SSSR count). The lowest BCUT2D eigenvalue weighted by atomic mass is 10.1. The summed E-state index contributed by atoms with van der Waals surface area (Å²) in [5, 5.41) is 21.2. The fraction of sp³-hybridized carbons (Fsp3) is 0.556. The van der Waals surface area contributed by atoms with Crippen LogP contribution >= 0.6 is 22.6 Å². The van der Waals surface area contributed by atoms with Gasteiger partial charge >= 0.3 is 0 Å². The Kier molecular flexibility index (Phi) is 4.36. The molecule has 0 saturated carbocycles. The quantitative estimate of drug-likeness (QED) is 0.701. The summed E-state index contributed by atoms with van der Waals surface area (Å²) in [5.74, 6) is 0.822. The molecule has 0 fully saturated rings. The molecular weight excluding hydrogens is 297 g/mol. The van der Waals surface area contributed by atoms with E-state index in [0.717, 1.165) is 9.53 Å². The summed E-state index contributed by atoms with van der Waals surface area (Å²) in [5.41, 5.74) is -1.07. The van der Waals surface area contributed by atoms with Crippen LogP contribution in [-0.2, 0) is 6.54 Å². The van der Waals surface area contributed by atoms with Crippen molar-refractivity contribution >= 4 is 22.6 Å². The molecule has 0 aromatic carbocycles. The van der Waals surface area contributed by atoms with Crippen molar-refractivity contribution in [3.63, 3.8) is 0 Å². The van der Waals surface area contributed by atoms with Crippen molar-refractivity contribution in [2.75, 3.05) is 13.2 Å². The van der Waals surface area contributed by atoms with E-state index in [0.29, 0.717) is 13.1 Å². The van der Waals surface area contributed by atoms with Crippen LogP contribution in [0.15, 0.2) is 16.5 Å². The molecule has 80 valence electrons. The van der Waals surface area contributed by atoms with Crippen LogP contribution in [0.1, 0.15) is 12.7 Å². The highest BCUT2D eigenvalue weighted by molar-refractivity contribution is 14.1. The van der Waals surface area contributed by atoms with Gasteiger partial charge in [-0.2, -0.15) is 0 Å². The number of rotatable bonds is 5. The molecule has 0 aliphatic heterocycles. The molecule has 0 spiro atoms. The molecule has 1 aromatic heterocycles. The van der Waals surface area contributed by atoms with Crippen molar-refractivity contribution in [3.05, 3.63) is 21.7 Å². The number of aliphatic hydroxyl groups excluding tert-OH is 1. The second-order valence-corrected chi connectivity index (χ2v) is 4.53.